The molecule has 1 heterocycles. The van der Waals surface area contributed by atoms with Crippen molar-refractivity contribution in [3.8, 4) is 5.75 Å². The number of carbonyl (C=O) groups excluding carboxylic acids is 1. The van der Waals surface area contributed by atoms with E-state index < -0.39 is 16.6 Å². The fraction of sp³-hybridized carbons (Fsp3) is 0.0625. The summed E-state index contributed by atoms with van der Waals surface area (Å²) in [4.78, 5) is 22.3. The van der Waals surface area contributed by atoms with Gasteiger partial charge in [0.15, 0.2) is 5.76 Å². The van der Waals surface area contributed by atoms with Crippen LogP contribution in [0.25, 0.3) is 11.0 Å². The van der Waals surface area contributed by atoms with E-state index in [2.05, 4.69) is 5.32 Å². The first kappa shape index (κ1) is 15.8. The van der Waals surface area contributed by atoms with Crippen molar-refractivity contribution < 1.29 is 19.2 Å². The lowest BCUT2D eigenvalue weighted by atomic mass is 10.1. The molecule has 0 aliphatic heterocycles. The van der Waals surface area contributed by atoms with Crippen LogP contribution in [0.4, 0.5) is 5.69 Å². The van der Waals surface area contributed by atoms with Crippen LogP contribution < -0.4 is 10.4 Å². The van der Waals surface area contributed by atoms with Gasteiger partial charge in [0.25, 0.3) is 11.6 Å². The van der Waals surface area contributed by atoms with E-state index in [-0.39, 0.29) is 23.6 Å². The number of benzene rings is 2. The first-order valence-corrected chi connectivity index (χ1v) is 7.23. The predicted molar refractivity (Wildman–Crippen MR) is 84.9 cm³/mol. The molecule has 1 amide bonds. The predicted octanol–water partition coefficient (Wildman–Crippen LogP) is 3.00. The summed E-state index contributed by atoms with van der Waals surface area (Å²) >= 11 is 5.87. The molecule has 0 atom stereocenters. The molecule has 3 rings (SSSR count). The molecule has 7 nitrogen and oxygen atoms in total. The van der Waals surface area contributed by atoms with Crippen molar-refractivity contribution in [1.82, 2.24) is 5.32 Å². The quantitative estimate of drug-likeness (QED) is 0.577. The molecule has 2 aromatic carbocycles. The third-order valence-electron chi connectivity index (χ3n) is 3.40. The number of hydrogen-bond acceptors (Lipinski definition) is 5. The third-order valence-corrected chi connectivity index (χ3v) is 3.63. The van der Waals surface area contributed by atoms with E-state index in [4.69, 9.17) is 16.0 Å². The van der Waals surface area contributed by atoms with Crippen LogP contribution in [0.15, 0.2) is 46.9 Å². The summed E-state index contributed by atoms with van der Waals surface area (Å²) in [5.41, 5.74) is 0.415. The summed E-state index contributed by atoms with van der Waals surface area (Å²) in [6, 6.07) is 9.84. The summed E-state index contributed by atoms with van der Waals surface area (Å²) in [7, 11) is 0. The highest BCUT2D eigenvalue weighted by atomic mass is 35.5. The Balaban J connectivity index is 1.77. The van der Waals surface area contributed by atoms with Crippen molar-refractivity contribution in [3.05, 3.63) is 68.9 Å². The van der Waals surface area contributed by atoms with Gasteiger partial charge in [-0.05, 0) is 29.8 Å². The summed E-state index contributed by atoms with van der Waals surface area (Å²) in [5.74, 6) is -0.865. The molecule has 0 saturated heterocycles. The Labute approximate surface area is 140 Å². The topological polar surface area (TPSA) is 108 Å². The average molecular weight is 346 g/mol. The number of nitrogens with zero attached hydrogens (tertiary/aromatic N) is 1. The second-order valence-electron chi connectivity index (χ2n) is 5.02. The molecule has 0 bridgehead atoms. The Bertz CT molecular complexity index is 951. The van der Waals surface area contributed by atoms with Gasteiger partial charge < -0.3 is 14.8 Å². The Kier molecular flexibility index (Phi) is 4.09. The Morgan fingerprint density at radius 3 is 2.75 bits per heavy atom. The van der Waals surface area contributed by atoms with E-state index in [0.717, 1.165) is 18.2 Å². The number of hydrogen-bond donors (Lipinski definition) is 1. The van der Waals surface area contributed by atoms with Crippen molar-refractivity contribution in [2.24, 2.45) is 0 Å². The van der Waals surface area contributed by atoms with Gasteiger partial charge in [-0.2, -0.15) is 0 Å². The highest BCUT2D eigenvalue weighted by Gasteiger charge is 2.13. The Morgan fingerprint density at radius 2 is 2.00 bits per heavy atom. The van der Waals surface area contributed by atoms with Crippen LogP contribution in [0, 0.1) is 10.1 Å². The molecule has 0 spiro atoms. The number of nitro benzene ring substituents is 1. The smallest absolute Gasteiger partial charge is 0.287 e. The molecule has 122 valence electrons. The third kappa shape index (κ3) is 3.16. The fourth-order valence-electron chi connectivity index (χ4n) is 2.21. The maximum Gasteiger partial charge on any atom is 0.287 e. The molecule has 1 N–H and O–H groups in total. The zero-order valence-electron chi connectivity index (χ0n) is 12.1. The number of non-ortho nitro benzene ring substituents is 1. The number of halogens is 1. The Morgan fingerprint density at radius 1 is 1.21 bits per heavy atom. The molecule has 8 heteroatoms. The van der Waals surface area contributed by atoms with Gasteiger partial charge in [-0.1, -0.05) is 17.7 Å². The lowest BCUT2D eigenvalue weighted by molar-refractivity contribution is -0.385. The van der Waals surface area contributed by atoms with Crippen LogP contribution in [0.1, 0.15) is 16.1 Å². The molecule has 0 fully saturated rings. The summed E-state index contributed by atoms with van der Waals surface area (Å²) in [6.07, 6.45) is 0. The molecule has 0 radical (unpaired) electrons. The van der Waals surface area contributed by atoms with Crippen LogP contribution in [0.3, 0.4) is 0 Å². The number of nitro groups is 1. The standard InChI is InChI=1S/C16H11ClN2O5/c17-11-1-4-14-9(5-11)7-15(24-14)16(21)18-8-10-6-12(19(22)23)2-3-13(10)20/h1-7,20H,8H2,(H,18,21)/p-1. The molecule has 3 aromatic rings. The van der Waals surface area contributed by atoms with E-state index in [9.17, 15) is 20.0 Å². The number of nitrogens with one attached hydrogen (secondary N) is 1. The molecule has 0 saturated carbocycles. The monoisotopic (exact) mass is 345 g/mol. The first-order chi connectivity index (χ1) is 11.4. The minimum absolute atomic E-state index is 0.0603. The second kappa shape index (κ2) is 6.21. The largest absolute Gasteiger partial charge is 0.872 e. The van der Waals surface area contributed by atoms with E-state index in [0.29, 0.717) is 16.0 Å². The van der Waals surface area contributed by atoms with Crippen molar-refractivity contribution in [2.75, 3.05) is 0 Å². The number of amides is 1. The molecule has 0 unspecified atom stereocenters. The lowest BCUT2D eigenvalue weighted by Gasteiger charge is -2.13. The normalized spacial score (nSPS) is 10.7. The first-order valence-electron chi connectivity index (χ1n) is 6.85. The maximum atomic E-state index is 12.1. The SMILES string of the molecule is O=C(NCc1cc([N+](=O)[O-])ccc1[O-])c1cc2cc(Cl)ccc2o1. The van der Waals surface area contributed by atoms with Gasteiger partial charge in [0.1, 0.15) is 5.58 Å². The lowest BCUT2D eigenvalue weighted by Crippen LogP contribution is -2.22. The van der Waals surface area contributed by atoms with Gasteiger partial charge in [-0.15, -0.1) is 5.75 Å². The highest BCUT2D eigenvalue weighted by molar-refractivity contribution is 6.31. The number of fused-ring (bicyclic) bond motifs is 1. The van der Waals surface area contributed by atoms with Gasteiger partial charge in [0, 0.05) is 29.1 Å². The second-order valence-corrected chi connectivity index (χ2v) is 5.46. The van der Waals surface area contributed by atoms with Gasteiger partial charge >= 0.3 is 0 Å². The van der Waals surface area contributed by atoms with E-state index in [1.165, 1.54) is 6.07 Å². The average Bonchev–Trinajstić information content (AvgIpc) is 2.96. The number of furan rings is 1. The molecule has 0 aliphatic carbocycles. The van der Waals surface area contributed by atoms with Crippen LogP contribution in [-0.2, 0) is 6.54 Å². The maximum absolute atomic E-state index is 12.1. The molecule has 1 aromatic heterocycles. The van der Waals surface area contributed by atoms with Crippen molar-refractivity contribution in [2.45, 2.75) is 6.54 Å². The van der Waals surface area contributed by atoms with Gasteiger partial charge in [0.2, 0.25) is 0 Å². The zero-order chi connectivity index (χ0) is 17.3. The van der Waals surface area contributed by atoms with Crippen molar-refractivity contribution in [1.29, 1.82) is 0 Å². The van der Waals surface area contributed by atoms with Gasteiger partial charge in [-0.25, -0.2) is 0 Å². The minimum atomic E-state index is -0.603. The van der Waals surface area contributed by atoms with Crippen LogP contribution in [0.5, 0.6) is 5.75 Å². The van der Waals surface area contributed by atoms with E-state index in [1.807, 2.05) is 0 Å². The molecular formula is C16H10ClN2O5-. The van der Waals surface area contributed by atoms with Crippen LogP contribution >= 0.6 is 11.6 Å². The van der Waals surface area contributed by atoms with Crippen molar-refractivity contribution >= 4 is 34.2 Å². The van der Waals surface area contributed by atoms with Crippen LogP contribution in [0.2, 0.25) is 5.02 Å². The summed E-state index contributed by atoms with van der Waals surface area (Å²) in [5, 5.41) is 26.2. The summed E-state index contributed by atoms with van der Waals surface area (Å²) in [6.45, 7) is -0.142. The molecule has 24 heavy (non-hydrogen) atoms. The highest BCUT2D eigenvalue weighted by Crippen LogP contribution is 2.24. The fourth-order valence-corrected chi connectivity index (χ4v) is 2.39. The zero-order valence-corrected chi connectivity index (χ0v) is 12.9. The molecule has 0 aliphatic rings. The summed E-state index contributed by atoms with van der Waals surface area (Å²) < 4.78 is 5.41. The van der Waals surface area contributed by atoms with E-state index in [1.54, 1.807) is 18.2 Å². The van der Waals surface area contributed by atoms with Crippen LogP contribution in [-0.4, -0.2) is 10.8 Å². The number of rotatable bonds is 4. The van der Waals surface area contributed by atoms with E-state index >= 15 is 0 Å². The van der Waals surface area contributed by atoms with Gasteiger partial charge in [-0.3, -0.25) is 14.9 Å². The minimum Gasteiger partial charge on any atom is -0.872 e. The number of carbonyl (C=O) groups is 1. The van der Waals surface area contributed by atoms with Gasteiger partial charge in [0.05, 0.1) is 4.92 Å². The Hall–Kier alpha value is -3.06. The molecular weight excluding hydrogens is 336 g/mol. The van der Waals surface area contributed by atoms with Crippen molar-refractivity contribution in [3.63, 3.8) is 0 Å².